The summed E-state index contributed by atoms with van der Waals surface area (Å²) in [6, 6.07) is 33.4. The average molecular weight is 530 g/mol. The van der Waals surface area contributed by atoms with E-state index < -0.39 is 0 Å². The molecule has 0 saturated heterocycles. The molecule has 0 unspecified atom stereocenters. The van der Waals surface area contributed by atoms with Gasteiger partial charge in [0.25, 0.3) is 5.91 Å². The molecule has 0 atom stereocenters. The first-order valence-electron chi connectivity index (χ1n) is 11.7. The molecule has 178 valence electrons. The lowest BCUT2D eigenvalue weighted by molar-refractivity contribution is 0.102. The summed E-state index contributed by atoms with van der Waals surface area (Å²) in [6.07, 6.45) is 2.70. The van der Waals surface area contributed by atoms with Crippen molar-refractivity contribution in [1.82, 2.24) is 0 Å². The fourth-order valence-corrected chi connectivity index (χ4v) is 4.03. The van der Waals surface area contributed by atoms with E-state index in [-0.39, 0.29) is 5.91 Å². The zero-order valence-corrected chi connectivity index (χ0v) is 21.0. The second kappa shape index (κ2) is 12.8. The van der Waals surface area contributed by atoms with Crippen LogP contribution in [0.4, 0.5) is 5.69 Å². The summed E-state index contributed by atoms with van der Waals surface area (Å²) < 4.78 is 12.6. The van der Waals surface area contributed by atoms with Crippen LogP contribution in [0.1, 0.15) is 27.9 Å². The molecule has 4 aromatic carbocycles. The van der Waals surface area contributed by atoms with Gasteiger partial charge in [-0.25, -0.2) is 0 Å². The Morgan fingerprint density at radius 1 is 0.714 bits per heavy atom. The molecule has 1 amide bonds. The van der Waals surface area contributed by atoms with Gasteiger partial charge in [-0.3, -0.25) is 4.79 Å². The first-order valence-corrected chi connectivity index (χ1v) is 12.5. The molecule has 1 N–H and O–H groups in total. The van der Waals surface area contributed by atoms with Crippen molar-refractivity contribution in [1.29, 1.82) is 0 Å². The molecule has 0 aromatic heterocycles. The first kappa shape index (κ1) is 24.6. The Morgan fingerprint density at radius 2 is 1.37 bits per heavy atom. The molecule has 5 heteroatoms. The van der Waals surface area contributed by atoms with Gasteiger partial charge in [0.05, 0.1) is 18.8 Å². The normalized spacial score (nSPS) is 10.5. The van der Waals surface area contributed by atoms with E-state index in [1.54, 1.807) is 6.07 Å². The number of halogens is 1. The lowest BCUT2D eigenvalue weighted by Crippen LogP contribution is -2.14. The number of rotatable bonds is 11. The third kappa shape index (κ3) is 7.72. The molecule has 0 aliphatic heterocycles. The van der Waals surface area contributed by atoms with Crippen LogP contribution in [0.15, 0.2) is 108 Å². The fraction of sp³-hybridized carbons (Fsp3) is 0.167. The Morgan fingerprint density at radius 3 is 2.06 bits per heavy atom. The minimum Gasteiger partial charge on any atom is -0.494 e. The van der Waals surface area contributed by atoms with E-state index in [0.717, 1.165) is 29.5 Å². The lowest BCUT2D eigenvalue weighted by atomic mass is 10.1. The standard InChI is InChI=1S/C30H28BrNO3/c31-25-13-18-29(35-21-19-24-10-5-2-6-11-24)28(22-25)30(33)32-26-14-16-27(17-15-26)34-20-7-12-23-8-3-1-4-9-23/h1-6,8-11,13-18,22H,7,12,19-21H2,(H,32,33). The molecule has 35 heavy (non-hydrogen) atoms. The molecule has 0 saturated carbocycles. The molecular weight excluding hydrogens is 502 g/mol. The third-order valence-electron chi connectivity index (χ3n) is 5.51. The SMILES string of the molecule is O=C(Nc1ccc(OCCCc2ccccc2)cc1)c1cc(Br)ccc1OCCc1ccccc1. The summed E-state index contributed by atoms with van der Waals surface area (Å²) in [4.78, 5) is 13.0. The van der Waals surface area contributed by atoms with Gasteiger partial charge in [0, 0.05) is 16.6 Å². The van der Waals surface area contributed by atoms with Crippen molar-refractivity contribution >= 4 is 27.5 Å². The largest absolute Gasteiger partial charge is 0.494 e. The maximum absolute atomic E-state index is 13.0. The number of amides is 1. The van der Waals surface area contributed by atoms with Gasteiger partial charge in [-0.2, -0.15) is 0 Å². The van der Waals surface area contributed by atoms with E-state index in [1.807, 2.05) is 60.7 Å². The van der Waals surface area contributed by atoms with Crippen molar-refractivity contribution in [3.05, 3.63) is 124 Å². The zero-order chi connectivity index (χ0) is 24.3. The molecule has 0 spiro atoms. The Hall–Kier alpha value is -3.57. The van der Waals surface area contributed by atoms with Gasteiger partial charge < -0.3 is 14.8 Å². The lowest BCUT2D eigenvalue weighted by Gasteiger charge is -2.13. The molecule has 4 rings (SSSR count). The van der Waals surface area contributed by atoms with Gasteiger partial charge in [-0.05, 0) is 66.4 Å². The Bertz CT molecular complexity index is 1210. The molecule has 4 aromatic rings. The highest BCUT2D eigenvalue weighted by Gasteiger charge is 2.14. The third-order valence-corrected chi connectivity index (χ3v) is 6.00. The van der Waals surface area contributed by atoms with Gasteiger partial charge in [-0.15, -0.1) is 0 Å². The number of ether oxygens (including phenoxy) is 2. The maximum Gasteiger partial charge on any atom is 0.259 e. The quantitative estimate of drug-likeness (QED) is 0.207. The van der Waals surface area contributed by atoms with Crippen LogP contribution in [0.5, 0.6) is 11.5 Å². The van der Waals surface area contributed by atoms with E-state index in [0.29, 0.717) is 30.2 Å². The number of anilines is 1. The first-order chi connectivity index (χ1) is 17.2. The van der Waals surface area contributed by atoms with Crippen LogP contribution in [0.3, 0.4) is 0 Å². The van der Waals surface area contributed by atoms with Crippen molar-refractivity contribution in [2.24, 2.45) is 0 Å². The van der Waals surface area contributed by atoms with Crippen LogP contribution in [0.25, 0.3) is 0 Å². The second-order valence-electron chi connectivity index (χ2n) is 8.14. The predicted molar refractivity (Wildman–Crippen MR) is 144 cm³/mol. The zero-order valence-electron chi connectivity index (χ0n) is 19.5. The van der Waals surface area contributed by atoms with Crippen LogP contribution in [0.2, 0.25) is 0 Å². The van der Waals surface area contributed by atoms with E-state index in [9.17, 15) is 4.79 Å². The van der Waals surface area contributed by atoms with Gasteiger partial charge >= 0.3 is 0 Å². The summed E-state index contributed by atoms with van der Waals surface area (Å²) >= 11 is 3.46. The van der Waals surface area contributed by atoms with Crippen LogP contribution in [-0.2, 0) is 12.8 Å². The van der Waals surface area contributed by atoms with Crippen molar-refractivity contribution in [2.45, 2.75) is 19.3 Å². The van der Waals surface area contributed by atoms with E-state index in [4.69, 9.17) is 9.47 Å². The number of hydrogen-bond donors (Lipinski definition) is 1. The van der Waals surface area contributed by atoms with Crippen LogP contribution in [0, 0.1) is 0 Å². The Kier molecular flexibility index (Phi) is 8.96. The summed E-state index contributed by atoms with van der Waals surface area (Å²) in [7, 11) is 0. The second-order valence-corrected chi connectivity index (χ2v) is 9.06. The molecular formula is C30H28BrNO3. The van der Waals surface area contributed by atoms with E-state index in [2.05, 4.69) is 57.6 Å². The molecule has 0 aliphatic rings. The Labute approximate surface area is 215 Å². The van der Waals surface area contributed by atoms with E-state index in [1.165, 1.54) is 11.1 Å². The summed E-state index contributed by atoms with van der Waals surface area (Å²) in [5.74, 6) is 1.11. The Balaban J connectivity index is 1.29. The number of benzene rings is 4. The van der Waals surface area contributed by atoms with Crippen molar-refractivity contribution in [2.75, 3.05) is 18.5 Å². The summed E-state index contributed by atoms with van der Waals surface area (Å²) in [6.45, 7) is 1.13. The minimum atomic E-state index is -0.224. The molecule has 0 bridgehead atoms. The van der Waals surface area contributed by atoms with Crippen molar-refractivity contribution in [3.8, 4) is 11.5 Å². The van der Waals surface area contributed by atoms with Gasteiger partial charge in [0.1, 0.15) is 11.5 Å². The molecule has 4 nitrogen and oxygen atoms in total. The molecule has 0 heterocycles. The number of carbonyl (C=O) groups is 1. The molecule has 0 radical (unpaired) electrons. The van der Waals surface area contributed by atoms with Crippen molar-refractivity contribution in [3.63, 3.8) is 0 Å². The number of aryl methyl sites for hydroxylation is 1. The molecule has 0 fully saturated rings. The summed E-state index contributed by atoms with van der Waals surface area (Å²) in [5.41, 5.74) is 3.68. The monoisotopic (exact) mass is 529 g/mol. The molecule has 0 aliphatic carbocycles. The number of hydrogen-bond acceptors (Lipinski definition) is 3. The number of carbonyl (C=O) groups excluding carboxylic acids is 1. The van der Waals surface area contributed by atoms with Gasteiger partial charge in [-0.1, -0.05) is 76.6 Å². The average Bonchev–Trinajstić information content (AvgIpc) is 2.89. The van der Waals surface area contributed by atoms with Crippen LogP contribution < -0.4 is 14.8 Å². The topological polar surface area (TPSA) is 47.6 Å². The maximum atomic E-state index is 13.0. The van der Waals surface area contributed by atoms with Crippen LogP contribution >= 0.6 is 15.9 Å². The van der Waals surface area contributed by atoms with E-state index >= 15 is 0 Å². The van der Waals surface area contributed by atoms with Crippen molar-refractivity contribution < 1.29 is 14.3 Å². The smallest absolute Gasteiger partial charge is 0.259 e. The highest BCUT2D eigenvalue weighted by Crippen LogP contribution is 2.25. The summed E-state index contributed by atoms with van der Waals surface area (Å²) in [5, 5.41) is 2.95. The highest BCUT2D eigenvalue weighted by molar-refractivity contribution is 9.10. The van der Waals surface area contributed by atoms with Gasteiger partial charge in [0.2, 0.25) is 0 Å². The predicted octanol–water partition coefficient (Wildman–Crippen LogP) is 7.33. The minimum absolute atomic E-state index is 0.224. The van der Waals surface area contributed by atoms with Gasteiger partial charge in [0.15, 0.2) is 0 Å². The fourth-order valence-electron chi connectivity index (χ4n) is 3.67. The van der Waals surface area contributed by atoms with Crippen LogP contribution in [-0.4, -0.2) is 19.1 Å². The highest BCUT2D eigenvalue weighted by atomic mass is 79.9. The number of nitrogens with one attached hydrogen (secondary N) is 1.